The summed E-state index contributed by atoms with van der Waals surface area (Å²) in [7, 11) is 0. The standard InChI is InChI=1S/C10H13NO/c1-2-7-11-8-9-5-3-4-6-10(9)12-11/h3-6H,2,7-8H2,1H3. The molecule has 0 saturated carbocycles. The van der Waals surface area contributed by atoms with Crippen molar-refractivity contribution in [1.29, 1.82) is 0 Å². The number of para-hydroxylation sites is 1. The largest absolute Gasteiger partial charge is 0.405 e. The highest BCUT2D eigenvalue weighted by molar-refractivity contribution is 5.34. The Morgan fingerprint density at radius 3 is 3.00 bits per heavy atom. The van der Waals surface area contributed by atoms with E-state index in [9.17, 15) is 0 Å². The van der Waals surface area contributed by atoms with Gasteiger partial charge >= 0.3 is 0 Å². The molecular formula is C10H13NO. The molecule has 0 atom stereocenters. The van der Waals surface area contributed by atoms with E-state index in [2.05, 4.69) is 19.1 Å². The Kier molecular flexibility index (Phi) is 2.00. The highest BCUT2D eigenvalue weighted by Crippen LogP contribution is 2.26. The predicted molar refractivity (Wildman–Crippen MR) is 47.8 cm³/mol. The molecule has 0 amide bonds. The van der Waals surface area contributed by atoms with Gasteiger partial charge in [-0.15, -0.1) is 5.06 Å². The van der Waals surface area contributed by atoms with Crippen LogP contribution in [0.25, 0.3) is 0 Å². The van der Waals surface area contributed by atoms with Gasteiger partial charge in [-0.3, -0.25) is 0 Å². The fourth-order valence-corrected chi connectivity index (χ4v) is 1.46. The Morgan fingerprint density at radius 2 is 2.25 bits per heavy atom. The van der Waals surface area contributed by atoms with E-state index >= 15 is 0 Å². The van der Waals surface area contributed by atoms with Crippen molar-refractivity contribution in [3.05, 3.63) is 29.8 Å². The summed E-state index contributed by atoms with van der Waals surface area (Å²) in [5, 5.41) is 2.00. The van der Waals surface area contributed by atoms with Gasteiger partial charge in [0.2, 0.25) is 0 Å². The van der Waals surface area contributed by atoms with Crippen LogP contribution in [-0.4, -0.2) is 11.6 Å². The van der Waals surface area contributed by atoms with Crippen molar-refractivity contribution in [3.8, 4) is 5.75 Å². The maximum atomic E-state index is 5.58. The van der Waals surface area contributed by atoms with Gasteiger partial charge in [0.25, 0.3) is 0 Å². The maximum Gasteiger partial charge on any atom is 0.152 e. The van der Waals surface area contributed by atoms with Gasteiger partial charge in [0.1, 0.15) is 0 Å². The van der Waals surface area contributed by atoms with Gasteiger partial charge in [0.05, 0.1) is 6.54 Å². The quantitative estimate of drug-likeness (QED) is 0.662. The smallest absolute Gasteiger partial charge is 0.152 e. The third-order valence-corrected chi connectivity index (χ3v) is 2.02. The minimum Gasteiger partial charge on any atom is -0.405 e. The zero-order valence-electron chi connectivity index (χ0n) is 7.29. The lowest BCUT2D eigenvalue weighted by atomic mass is 10.2. The van der Waals surface area contributed by atoms with Crippen LogP contribution in [-0.2, 0) is 6.54 Å². The molecule has 12 heavy (non-hydrogen) atoms. The minimum atomic E-state index is 0.935. The highest BCUT2D eigenvalue weighted by atomic mass is 16.7. The Bertz CT molecular complexity index is 247. The van der Waals surface area contributed by atoms with Gasteiger partial charge in [-0.2, -0.15) is 0 Å². The molecule has 0 N–H and O–H groups in total. The molecule has 1 aromatic rings. The molecule has 0 fully saturated rings. The molecule has 1 heterocycles. The van der Waals surface area contributed by atoms with Gasteiger partial charge in [0.15, 0.2) is 5.75 Å². The number of hydroxylamine groups is 2. The summed E-state index contributed by atoms with van der Waals surface area (Å²) in [6.07, 6.45) is 1.13. The number of rotatable bonds is 2. The van der Waals surface area contributed by atoms with Crippen LogP contribution < -0.4 is 4.84 Å². The Hall–Kier alpha value is -1.02. The molecule has 2 rings (SSSR count). The summed E-state index contributed by atoms with van der Waals surface area (Å²) in [5.41, 5.74) is 1.30. The first-order valence-corrected chi connectivity index (χ1v) is 4.41. The normalized spacial score (nSPS) is 15.8. The fourth-order valence-electron chi connectivity index (χ4n) is 1.46. The molecule has 64 valence electrons. The second kappa shape index (κ2) is 3.15. The lowest BCUT2D eigenvalue weighted by Gasteiger charge is -2.11. The van der Waals surface area contributed by atoms with Gasteiger partial charge < -0.3 is 4.84 Å². The van der Waals surface area contributed by atoms with Gasteiger partial charge in [0, 0.05) is 12.1 Å². The van der Waals surface area contributed by atoms with Crippen LogP contribution in [0.1, 0.15) is 18.9 Å². The number of nitrogens with zero attached hydrogens (tertiary/aromatic N) is 1. The van der Waals surface area contributed by atoms with Gasteiger partial charge in [-0.05, 0) is 12.5 Å². The van der Waals surface area contributed by atoms with Crippen molar-refractivity contribution >= 4 is 0 Å². The van der Waals surface area contributed by atoms with E-state index < -0.39 is 0 Å². The van der Waals surface area contributed by atoms with E-state index in [-0.39, 0.29) is 0 Å². The monoisotopic (exact) mass is 163 g/mol. The number of hydrogen-bond acceptors (Lipinski definition) is 2. The van der Waals surface area contributed by atoms with E-state index in [4.69, 9.17) is 4.84 Å². The number of fused-ring (bicyclic) bond motifs is 1. The van der Waals surface area contributed by atoms with Crippen LogP contribution in [0.4, 0.5) is 0 Å². The summed E-state index contributed by atoms with van der Waals surface area (Å²) in [6.45, 7) is 4.10. The average Bonchev–Trinajstić information content (AvgIpc) is 2.47. The summed E-state index contributed by atoms with van der Waals surface area (Å²) in [4.78, 5) is 5.58. The van der Waals surface area contributed by atoms with Crippen molar-refractivity contribution in [2.45, 2.75) is 19.9 Å². The van der Waals surface area contributed by atoms with Crippen LogP contribution in [0.2, 0.25) is 0 Å². The van der Waals surface area contributed by atoms with Crippen molar-refractivity contribution in [1.82, 2.24) is 5.06 Å². The second-order valence-corrected chi connectivity index (χ2v) is 3.06. The Labute approximate surface area is 72.7 Å². The Morgan fingerprint density at radius 1 is 1.42 bits per heavy atom. The number of benzene rings is 1. The molecule has 1 aliphatic rings. The van der Waals surface area contributed by atoms with Gasteiger partial charge in [-0.1, -0.05) is 25.1 Å². The van der Waals surface area contributed by atoms with Crippen LogP contribution in [0.5, 0.6) is 5.75 Å². The van der Waals surface area contributed by atoms with Crippen molar-refractivity contribution in [3.63, 3.8) is 0 Å². The first-order chi connectivity index (χ1) is 5.90. The molecule has 0 radical (unpaired) electrons. The van der Waals surface area contributed by atoms with Crippen LogP contribution in [0.15, 0.2) is 24.3 Å². The van der Waals surface area contributed by atoms with E-state index in [0.717, 1.165) is 25.3 Å². The highest BCUT2D eigenvalue weighted by Gasteiger charge is 2.18. The summed E-state index contributed by atoms with van der Waals surface area (Å²) < 4.78 is 0. The van der Waals surface area contributed by atoms with E-state index in [0.29, 0.717) is 0 Å². The molecule has 0 unspecified atom stereocenters. The zero-order chi connectivity index (χ0) is 8.39. The summed E-state index contributed by atoms with van der Waals surface area (Å²) in [6, 6.07) is 8.20. The molecule has 2 nitrogen and oxygen atoms in total. The SMILES string of the molecule is CCCN1Cc2ccccc2O1. The predicted octanol–water partition coefficient (Wildman–Crippen LogP) is 2.21. The minimum absolute atomic E-state index is 0.935. The summed E-state index contributed by atoms with van der Waals surface area (Å²) in [5.74, 6) is 1.02. The van der Waals surface area contributed by atoms with Crippen molar-refractivity contribution < 1.29 is 4.84 Å². The van der Waals surface area contributed by atoms with Crippen molar-refractivity contribution in [2.75, 3.05) is 6.54 Å². The lowest BCUT2D eigenvalue weighted by molar-refractivity contribution is -0.0422. The molecule has 0 saturated heterocycles. The number of hydrogen-bond donors (Lipinski definition) is 0. The maximum absolute atomic E-state index is 5.58. The van der Waals surface area contributed by atoms with Gasteiger partial charge in [-0.25, -0.2) is 0 Å². The molecular weight excluding hydrogens is 150 g/mol. The van der Waals surface area contributed by atoms with Crippen LogP contribution in [0, 0.1) is 0 Å². The molecule has 0 aliphatic carbocycles. The fraction of sp³-hybridized carbons (Fsp3) is 0.400. The van der Waals surface area contributed by atoms with E-state index in [1.54, 1.807) is 0 Å². The first-order valence-electron chi connectivity index (χ1n) is 4.41. The van der Waals surface area contributed by atoms with E-state index in [1.807, 2.05) is 17.2 Å². The van der Waals surface area contributed by atoms with E-state index in [1.165, 1.54) is 5.56 Å². The molecule has 1 aliphatic heterocycles. The molecule has 0 spiro atoms. The third-order valence-electron chi connectivity index (χ3n) is 2.02. The topological polar surface area (TPSA) is 12.5 Å². The zero-order valence-corrected chi connectivity index (χ0v) is 7.29. The molecule has 1 aromatic carbocycles. The van der Waals surface area contributed by atoms with Crippen LogP contribution in [0.3, 0.4) is 0 Å². The average molecular weight is 163 g/mol. The lowest BCUT2D eigenvalue weighted by Crippen LogP contribution is -2.21. The molecule has 0 aromatic heterocycles. The van der Waals surface area contributed by atoms with Crippen LogP contribution >= 0.6 is 0 Å². The first kappa shape index (κ1) is 7.62. The Balaban J connectivity index is 2.11. The second-order valence-electron chi connectivity index (χ2n) is 3.06. The van der Waals surface area contributed by atoms with Crippen molar-refractivity contribution in [2.24, 2.45) is 0 Å². The molecule has 2 heteroatoms. The third kappa shape index (κ3) is 1.30. The molecule has 0 bridgehead atoms. The summed E-state index contributed by atoms with van der Waals surface area (Å²) >= 11 is 0.